The van der Waals surface area contributed by atoms with E-state index in [1.165, 1.54) is 22.3 Å². The number of hydrogen-bond acceptors (Lipinski definition) is 1. The number of rotatable bonds is 3. The fourth-order valence-corrected chi connectivity index (χ4v) is 13.7. The molecule has 0 N–H and O–H groups in total. The van der Waals surface area contributed by atoms with Gasteiger partial charge in [-0.3, -0.25) is 0 Å². The predicted molar refractivity (Wildman–Crippen MR) is 133 cm³/mol. The van der Waals surface area contributed by atoms with Crippen LogP contribution in [0.25, 0.3) is 27.8 Å². The van der Waals surface area contributed by atoms with Crippen molar-refractivity contribution in [1.29, 1.82) is 0 Å². The summed E-state index contributed by atoms with van der Waals surface area (Å²) in [5.41, 5.74) is 8.91. The van der Waals surface area contributed by atoms with Crippen LogP contribution < -0.4 is 0 Å². The number of hydrogen-bond donors (Lipinski definition) is 0. The van der Waals surface area contributed by atoms with Crippen molar-refractivity contribution in [3.8, 4) is 11.1 Å². The van der Waals surface area contributed by atoms with Gasteiger partial charge < -0.3 is 10.6 Å². The Labute approximate surface area is 198 Å². The van der Waals surface area contributed by atoms with Crippen molar-refractivity contribution in [2.24, 2.45) is 0 Å². The summed E-state index contributed by atoms with van der Waals surface area (Å²) in [5.74, 6) is 0. The van der Waals surface area contributed by atoms with Gasteiger partial charge in [0, 0.05) is 0 Å². The monoisotopic (exact) mass is 587 g/mol. The van der Waals surface area contributed by atoms with Gasteiger partial charge in [0.2, 0.25) is 0 Å². The van der Waals surface area contributed by atoms with E-state index in [2.05, 4.69) is 93.8 Å². The molecule has 2 aromatic rings. The van der Waals surface area contributed by atoms with Gasteiger partial charge in [0.15, 0.2) is 0 Å². The number of fused-ring (bicyclic) bond motifs is 1. The van der Waals surface area contributed by atoms with Crippen LogP contribution in [-0.2, 0) is 30.1 Å². The van der Waals surface area contributed by atoms with Crippen molar-refractivity contribution < 1.29 is 24.7 Å². The van der Waals surface area contributed by atoms with Crippen molar-refractivity contribution in [2.75, 3.05) is 28.2 Å². The summed E-state index contributed by atoms with van der Waals surface area (Å²) in [6.07, 6.45) is 3.62. The smallest absolute Gasteiger partial charge is 0.162 e. The van der Waals surface area contributed by atoms with Gasteiger partial charge in [-0.1, -0.05) is 0 Å². The van der Waals surface area contributed by atoms with Crippen molar-refractivity contribution in [3.63, 3.8) is 0 Å². The third kappa shape index (κ3) is 6.47. The van der Waals surface area contributed by atoms with Crippen molar-refractivity contribution >= 4 is 6.08 Å². The van der Waals surface area contributed by atoms with E-state index >= 15 is 0 Å². The summed E-state index contributed by atoms with van der Waals surface area (Å²) in [6, 6.07) is 16.0. The van der Waals surface area contributed by atoms with Crippen LogP contribution in [0.1, 0.15) is 61.4 Å². The molecule has 4 rings (SSSR count). The molecule has 0 bridgehead atoms. The molecule has 167 valence electrons. The van der Waals surface area contributed by atoms with Crippen LogP contribution in [0.3, 0.4) is 0 Å². The molecule has 1 aliphatic carbocycles. The summed E-state index contributed by atoms with van der Waals surface area (Å²) >= 11 is -1.87. The van der Waals surface area contributed by atoms with E-state index < -0.39 is 21.9 Å². The predicted octanol–water partition coefficient (Wildman–Crippen LogP) is 7.65. The summed E-state index contributed by atoms with van der Waals surface area (Å²) in [6.45, 7) is 11.4. The Kier molecular flexibility index (Phi) is 9.88. The second-order valence-electron chi connectivity index (χ2n) is 9.20. The number of benzene rings is 2. The zero-order valence-corrected chi connectivity index (χ0v) is 24.4. The maximum absolute atomic E-state index is 6.06. The minimum atomic E-state index is -1.87. The van der Waals surface area contributed by atoms with Crippen LogP contribution in [0.15, 0.2) is 48.0 Å². The van der Waals surface area contributed by atoms with Gasteiger partial charge >= 0.3 is 161 Å². The molecular weight excluding hydrogens is 547 g/mol. The van der Waals surface area contributed by atoms with Crippen molar-refractivity contribution in [3.05, 3.63) is 75.4 Å². The Morgan fingerprint density at radius 3 is 1.94 bits per heavy atom. The van der Waals surface area contributed by atoms with Gasteiger partial charge in [-0.15, -0.1) is 0 Å². The van der Waals surface area contributed by atoms with Gasteiger partial charge in [0.05, 0.1) is 0 Å². The fraction of sp³-hybridized carbons (Fsp3) is 0.481. The van der Waals surface area contributed by atoms with E-state index in [9.17, 15) is 0 Å². The first-order valence-corrected chi connectivity index (χ1v) is 16.8. The molecule has 1 saturated heterocycles. The molecule has 0 spiro atoms. The zero-order chi connectivity index (χ0) is 23.2. The molecule has 2 unspecified atom stereocenters. The first kappa shape index (κ1) is 26.2. The third-order valence-electron chi connectivity index (χ3n) is 5.56. The van der Waals surface area contributed by atoms with Gasteiger partial charge in [-0.25, -0.2) is 0 Å². The Morgan fingerprint density at radius 1 is 0.935 bits per heavy atom. The second kappa shape index (κ2) is 11.7. The van der Waals surface area contributed by atoms with Crippen LogP contribution in [0, 0.1) is 0 Å². The molecule has 0 amide bonds. The van der Waals surface area contributed by atoms with Crippen LogP contribution in [0.2, 0.25) is 0 Å². The van der Waals surface area contributed by atoms with Gasteiger partial charge in [-0.05, 0) is 0 Å². The van der Waals surface area contributed by atoms with Crippen LogP contribution in [-0.4, -0.2) is 32.1 Å². The van der Waals surface area contributed by atoms with Crippen molar-refractivity contribution in [1.82, 2.24) is 0 Å². The summed E-state index contributed by atoms with van der Waals surface area (Å²) in [7, 11) is 7.00. The summed E-state index contributed by atoms with van der Waals surface area (Å²) in [5, 5.41) is 7.00. The molecule has 31 heavy (non-hydrogen) atoms. The van der Waals surface area contributed by atoms with E-state index in [0.29, 0.717) is 7.53 Å². The summed E-state index contributed by atoms with van der Waals surface area (Å²) < 4.78 is 7.32. The average molecular weight is 586 g/mol. The first-order chi connectivity index (χ1) is 14.7. The van der Waals surface area contributed by atoms with E-state index in [0.717, 1.165) is 6.42 Å². The molecule has 0 radical (unpaired) electrons. The topological polar surface area (TPSA) is 40.7 Å². The standard InChI is InChI=1S/C21H23.2C2H6N.C2H4O.Hf/c1-5-15-13-17-7-6-8-19(20(17)14-15)16-9-11-18(12-10-16)21(2,3)4;2*1-3-2;1-2-3;/h6-14H,5H2,1-4H3;2*1-2H3;2H,1H3;/q;3*-1;+3. The molecule has 2 atom stereocenters. The largest absolute Gasteiger partial charge is 0.668 e. The maximum Gasteiger partial charge on any atom is -0.162 e. The molecule has 0 saturated carbocycles. The van der Waals surface area contributed by atoms with E-state index in [1.807, 2.05) is 0 Å². The SMILES string of the molecule is CCC1=Cc2c(-c3ccc(C(C)(C)C)cc3)cccc2[CH]1[Hf+2]1[O][CH]1C.C[N-]C.C[N-]C. The molecule has 1 heterocycles. The molecule has 1 fully saturated rings. The van der Waals surface area contributed by atoms with E-state index in [-0.39, 0.29) is 5.41 Å². The molecule has 2 aliphatic rings. The Hall–Kier alpha value is -1.07. The van der Waals surface area contributed by atoms with Gasteiger partial charge in [0.25, 0.3) is 0 Å². The molecule has 1 aliphatic heterocycles. The third-order valence-corrected chi connectivity index (χ3v) is 14.8. The van der Waals surface area contributed by atoms with Crippen molar-refractivity contribution in [2.45, 2.75) is 54.0 Å². The molecule has 2 aromatic carbocycles. The van der Waals surface area contributed by atoms with E-state index in [1.54, 1.807) is 39.3 Å². The molecule has 3 nitrogen and oxygen atoms in total. The quantitative estimate of drug-likeness (QED) is 0.269. The molecule has 0 aromatic heterocycles. The van der Waals surface area contributed by atoms with Gasteiger partial charge in [0.1, 0.15) is 0 Å². The maximum atomic E-state index is 6.06. The Morgan fingerprint density at radius 2 is 1.48 bits per heavy atom. The minimum Gasteiger partial charge on any atom is -0.668 e. The minimum absolute atomic E-state index is 0.200. The molecular formula is C27H39HfN2O. The first-order valence-electron chi connectivity index (χ1n) is 11.2. The number of nitrogens with zero attached hydrogens (tertiary/aromatic N) is 2. The Bertz CT molecular complexity index is 866. The zero-order valence-electron chi connectivity index (χ0n) is 20.8. The fourth-order valence-electron chi connectivity index (χ4n) is 3.98. The van der Waals surface area contributed by atoms with Crippen LogP contribution in [0.5, 0.6) is 0 Å². The number of allylic oxidation sites excluding steroid dienone is 1. The Balaban J connectivity index is 0.000000513. The van der Waals surface area contributed by atoms with Gasteiger partial charge in [-0.2, -0.15) is 28.2 Å². The average Bonchev–Trinajstić information content (AvgIpc) is 3.32. The van der Waals surface area contributed by atoms with Crippen LogP contribution >= 0.6 is 0 Å². The van der Waals surface area contributed by atoms with E-state index in [4.69, 9.17) is 2.85 Å². The normalized spacial score (nSPS) is 18.9. The molecule has 4 heteroatoms. The van der Waals surface area contributed by atoms with Crippen LogP contribution in [0.4, 0.5) is 0 Å². The second-order valence-corrected chi connectivity index (χ2v) is 17.9. The summed E-state index contributed by atoms with van der Waals surface area (Å²) in [4.78, 5) is 0.